The van der Waals surface area contributed by atoms with E-state index < -0.39 is 22.7 Å². The van der Waals surface area contributed by atoms with Gasteiger partial charge in [0, 0.05) is 23.5 Å². The minimum atomic E-state index is -4.59. The van der Waals surface area contributed by atoms with Gasteiger partial charge in [-0.3, -0.25) is 9.20 Å². The minimum Gasteiger partial charge on any atom is -0.321 e. The number of anilines is 1. The lowest BCUT2D eigenvalue weighted by atomic mass is 10.2. The Balaban J connectivity index is 1.86. The molecule has 2 aromatic heterocycles. The van der Waals surface area contributed by atoms with Crippen molar-refractivity contribution in [3.63, 3.8) is 0 Å². The normalized spacial score (nSPS) is 11.8. The van der Waals surface area contributed by atoms with Crippen LogP contribution in [0.25, 0.3) is 4.96 Å². The van der Waals surface area contributed by atoms with Gasteiger partial charge in [0.05, 0.1) is 10.6 Å². The molecule has 3 aromatic rings. The Hall–Kier alpha value is -2.06. The smallest absolute Gasteiger partial charge is 0.321 e. The Bertz CT molecular complexity index is 827. The minimum absolute atomic E-state index is 0.00178. The van der Waals surface area contributed by atoms with Crippen LogP contribution in [0.2, 0.25) is 5.02 Å². The average Bonchev–Trinajstić information content (AvgIpc) is 3.00. The summed E-state index contributed by atoms with van der Waals surface area (Å²) < 4.78 is 40.0. The highest BCUT2D eigenvalue weighted by Gasteiger charge is 2.33. The van der Waals surface area contributed by atoms with Crippen molar-refractivity contribution in [2.24, 2.45) is 0 Å². The third kappa shape index (κ3) is 2.79. The van der Waals surface area contributed by atoms with Gasteiger partial charge in [0.1, 0.15) is 5.69 Å². The predicted octanol–water partition coefficient (Wildman–Crippen LogP) is 4.32. The largest absolute Gasteiger partial charge is 0.417 e. The van der Waals surface area contributed by atoms with E-state index in [0.717, 1.165) is 12.1 Å². The molecular weight excluding hydrogens is 339 g/mol. The van der Waals surface area contributed by atoms with E-state index in [4.69, 9.17) is 11.6 Å². The molecule has 1 N–H and O–H groups in total. The lowest BCUT2D eigenvalue weighted by Gasteiger charge is -2.11. The van der Waals surface area contributed by atoms with Crippen LogP contribution < -0.4 is 5.32 Å². The molecule has 0 unspecified atom stereocenters. The molecule has 1 aromatic carbocycles. The van der Waals surface area contributed by atoms with Gasteiger partial charge in [-0.25, -0.2) is 4.98 Å². The SMILES string of the molecule is O=C(Nc1ccc(Cl)c(C(F)(F)F)c1)c1cn2ccsc2n1. The molecular formula is C13H7ClF3N3OS. The van der Waals surface area contributed by atoms with Crippen LogP contribution >= 0.6 is 22.9 Å². The monoisotopic (exact) mass is 345 g/mol. The Kier molecular flexibility index (Phi) is 3.57. The van der Waals surface area contributed by atoms with Gasteiger partial charge in [0.2, 0.25) is 0 Å². The van der Waals surface area contributed by atoms with Crippen LogP contribution in [0.5, 0.6) is 0 Å². The maximum Gasteiger partial charge on any atom is 0.417 e. The number of halogens is 4. The van der Waals surface area contributed by atoms with Gasteiger partial charge in [0.25, 0.3) is 5.91 Å². The number of nitrogens with one attached hydrogen (secondary N) is 1. The van der Waals surface area contributed by atoms with Crippen molar-refractivity contribution in [2.75, 3.05) is 5.32 Å². The zero-order valence-corrected chi connectivity index (χ0v) is 12.3. The van der Waals surface area contributed by atoms with Gasteiger partial charge in [0.15, 0.2) is 4.96 Å². The van der Waals surface area contributed by atoms with Crippen molar-refractivity contribution < 1.29 is 18.0 Å². The molecule has 0 aliphatic rings. The van der Waals surface area contributed by atoms with Crippen LogP contribution in [-0.4, -0.2) is 15.3 Å². The van der Waals surface area contributed by atoms with Crippen molar-refractivity contribution in [1.82, 2.24) is 9.38 Å². The summed E-state index contributed by atoms with van der Waals surface area (Å²) in [6.45, 7) is 0. The Morgan fingerprint density at radius 3 is 2.82 bits per heavy atom. The molecule has 0 saturated carbocycles. The maximum absolute atomic E-state index is 12.8. The fraction of sp³-hybridized carbons (Fsp3) is 0.0769. The zero-order chi connectivity index (χ0) is 15.9. The van der Waals surface area contributed by atoms with Crippen LogP contribution in [0.3, 0.4) is 0 Å². The van der Waals surface area contributed by atoms with Crippen molar-refractivity contribution in [1.29, 1.82) is 0 Å². The summed E-state index contributed by atoms with van der Waals surface area (Å²) in [6.07, 6.45) is -1.36. The van der Waals surface area contributed by atoms with E-state index in [-0.39, 0.29) is 11.4 Å². The summed E-state index contributed by atoms with van der Waals surface area (Å²) in [7, 11) is 0. The van der Waals surface area contributed by atoms with Gasteiger partial charge in [-0.15, -0.1) is 11.3 Å². The predicted molar refractivity (Wildman–Crippen MR) is 77.5 cm³/mol. The quantitative estimate of drug-likeness (QED) is 0.752. The highest BCUT2D eigenvalue weighted by atomic mass is 35.5. The molecule has 2 heterocycles. The van der Waals surface area contributed by atoms with E-state index in [2.05, 4.69) is 10.3 Å². The number of imidazole rings is 1. The van der Waals surface area contributed by atoms with Crippen molar-refractivity contribution in [2.45, 2.75) is 6.18 Å². The average molecular weight is 346 g/mol. The molecule has 0 spiro atoms. The van der Waals surface area contributed by atoms with Crippen LogP contribution in [-0.2, 0) is 6.18 Å². The Morgan fingerprint density at radius 1 is 1.36 bits per heavy atom. The number of hydrogen-bond acceptors (Lipinski definition) is 3. The molecule has 0 bridgehead atoms. The number of rotatable bonds is 2. The molecule has 0 fully saturated rings. The summed E-state index contributed by atoms with van der Waals surface area (Å²) in [6, 6.07) is 3.18. The second-order valence-corrected chi connectivity index (χ2v) is 5.65. The molecule has 0 saturated heterocycles. The van der Waals surface area contributed by atoms with Crippen LogP contribution in [0.1, 0.15) is 16.1 Å². The molecule has 0 aliphatic heterocycles. The van der Waals surface area contributed by atoms with E-state index in [0.29, 0.717) is 4.96 Å². The summed E-state index contributed by atoms with van der Waals surface area (Å²) in [4.78, 5) is 16.7. The third-order valence-corrected chi connectivity index (χ3v) is 3.96. The second kappa shape index (κ2) is 5.29. The summed E-state index contributed by atoms with van der Waals surface area (Å²) in [5, 5.41) is 3.76. The van der Waals surface area contributed by atoms with E-state index >= 15 is 0 Å². The lowest BCUT2D eigenvalue weighted by molar-refractivity contribution is -0.137. The molecule has 0 atom stereocenters. The third-order valence-electron chi connectivity index (χ3n) is 2.86. The highest BCUT2D eigenvalue weighted by molar-refractivity contribution is 7.15. The van der Waals surface area contributed by atoms with E-state index in [1.54, 1.807) is 16.0 Å². The first-order chi connectivity index (χ1) is 10.3. The number of carbonyl (C=O) groups is 1. The number of benzene rings is 1. The lowest BCUT2D eigenvalue weighted by Crippen LogP contribution is -2.13. The van der Waals surface area contributed by atoms with Crippen molar-refractivity contribution in [3.8, 4) is 0 Å². The van der Waals surface area contributed by atoms with E-state index in [1.165, 1.54) is 23.6 Å². The number of thiazole rings is 1. The first-order valence-corrected chi connectivity index (χ1v) is 7.20. The van der Waals surface area contributed by atoms with Crippen LogP contribution in [0, 0.1) is 0 Å². The van der Waals surface area contributed by atoms with Crippen LogP contribution in [0.15, 0.2) is 36.0 Å². The molecule has 114 valence electrons. The van der Waals surface area contributed by atoms with E-state index in [1.807, 2.05) is 0 Å². The topological polar surface area (TPSA) is 46.4 Å². The zero-order valence-electron chi connectivity index (χ0n) is 10.7. The van der Waals surface area contributed by atoms with Gasteiger partial charge >= 0.3 is 6.18 Å². The molecule has 4 nitrogen and oxygen atoms in total. The van der Waals surface area contributed by atoms with Crippen LogP contribution in [0.4, 0.5) is 18.9 Å². The van der Waals surface area contributed by atoms with E-state index in [9.17, 15) is 18.0 Å². The Morgan fingerprint density at radius 2 is 2.14 bits per heavy atom. The summed E-state index contributed by atoms with van der Waals surface area (Å²) in [5.41, 5.74) is -0.883. The van der Waals surface area contributed by atoms with Gasteiger partial charge in [-0.1, -0.05) is 11.6 Å². The highest BCUT2D eigenvalue weighted by Crippen LogP contribution is 2.36. The van der Waals surface area contributed by atoms with Gasteiger partial charge in [-0.05, 0) is 18.2 Å². The fourth-order valence-electron chi connectivity index (χ4n) is 1.85. The number of fused-ring (bicyclic) bond motifs is 1. The summed E-state index contributed by atoms with van der Waals surface area (Å²) >= 11 is 6.87. The van der Waals surface area contributed by atoms with Crippen molar-refractivity contribution >= 4 is 39.5 Å². The number of hydrogen-bond donors (Lipinski definition) is 1. The standard InChI is InChI=1S/C13H7ClF3N3OS/c14-9-2-1-7(5-8(9)13(15,16)17)18-11(21)10-6-20-3-4-22-12(20)19-10/h1-6H,(H,18,21). The number of nitrogens with zero attached hydrogens (tertiary/aromatic N) is 2. The molecule has 0 radical (unpaired) electrons. The van der Waals surface area contributed by atoms with Crippen molar-refractivity contribution in [3.05, 3.63) is 52.3 Å². The first kappa shape index (κ1) is 14.9. The summed E-state index contributed by atoms with van der Waals surface area (Å²) in [5.74, 6) is -0.591. The molecule has 9 heteroatoms. The molecule has 1 amide bonds. The van der Waals surface area contributed by atoms with Gasteiger partial charge < -0.3 is 5.32 Å². The number of amides is 1. The fourth-order valence-corrected chi connectivity index (χ4v) is 2.78. The maximum atomic E-state index is 12.8. The molecule has 0 aliphatic carbocycles. The molecule has 22 heavy (non-hydrogen) atoms. The number of carbonyl (C=O) groups excluding carboxylic acids is 1. The Labute approximate surface area is 131 Å². The number of aromatic nitrogens is 2. The second-order valence-electron chi connectivity index (χ2n) is 4.37. The molecule has 3 rings (SSSR count). The number of alkyl halides is 3. The van der Waals surface area contributed by atoms with Gasteiger partial charge in [-0.2, -0.15) is 13.2 Å². The first-order valence-electron chi connectivity index (χ1n) is 5.95.